The summed E-state index contributed by atoms with van der Waals surface area (Å²) in [7, 11) is 0. The van der Waals surface area contributed by atoms with Gasteiger partial charge in [0, 0.05) is 19.5 Å². The number of urea groups is 1. The van der Waals surface area contributed by atoms with Crippen molar-refractivity contribution in [1.82, 2.24) is 15.5 Å². The van der Waals surface area contributed by atoms with Gasteiger partial charge >= 0.3 is 6.03 Å². The highest BCUT2D eigenvalue weighted by Gasteiger charge is 2.52. The van der Waals surface area contributed by atoms with Crippen molar-refractivity contribution < 1.29 is 14.4 Å². The quantitative estimate of drug-likeness (QED) is 0.614. The van der Waals surface area contributed by atoms with Crippen molar-refractivity contribution in [3.8, 4) is 0 Å². The molecule has 1 heterocycles. The molecular formula is C16H27ClN4O3. The molecule has 1 atom stereocenters. The van der Waals surface area contributed by atoms with Gasteiger partial charge in [0.25, 0.3) is 5.91 Å². The van der Waals surface area contributed by atoms with Crippen molar-refractivity contribution in [2.75, 3.05) is 13.1 Å². The highest BCUT2D eigenvalue weighted by Crippen LogP contribution is 2.39. The Balaban J connectivity index is 0.00000208. The van der Waals surface area contributed by atoms with E-state index in [4.69, 9.17) is 5.73 Å². The van der Waals surface area contributed by atoms with E-state index >= 15 is 0 Å². The zero-order chi connectivity index (χ0) is 16.7. The fourth-order valence-corrected chi connectivity index (χ4v) is 3.83. The molecule has 0 aromatic carbocycles. The molecule has 4 amide bonds. The zero-order valence-corrected chi connectivity index (χ0v) is 14.9. The van der Waals surface area contributed by atoms with Crippen LogP contribution in [0.4, 0.5) is 4.79 Å². The molecule has 0 radical (unpaired) electrons. The molecule has 4 N–H and O–H groups in total. The van der Waals surface area contributed by atoms with E-state index in [1.807, 2.05) is 6.92 Å². The van der Waals surface area contributed by atoms with Crippen LogP contribution in [0.3, 0.4) is 0 Å². The Morgan fingerprint density at radius 1 is 1.38 bits per heavy atom. The third-order valence-electron chi connectivity index (χ3n) is 5.59. The van der Waals surface area contributed by atoms with Gasteiger partial charge in [-0.1, -0.05) is 12.8 Å². The van der Waals surface area contributed by atoms with Crippen LogP contribution in [0.1, 0.15) is 51.9 Å². The van der Waals surface area contributed by atoms with E-state index in [1.54, 1.807) is 0 Å². The van der Waals surface area contributed by atoms with E-state index in [-0.39, 0.29) is 48.8 Å². The Morgan fingerprint density at radius 2 is 2.00 bits per heavy atom. The number of hydrogen-bond acceptors (Lipinski definition) is 4. The van der Waals surface area contributed by atoms with Crippen molar-refractivity contribution in [3.05, 3.63) is 0 Å². The lowest BCUT2D eigenvalue weighted by atomic mass is 9.95. The number of nitrogens with zero attached hydrogens (tertiary/aromatic N) is 1. The number of carbonyl (C=O) groups excluding carboxylic acids is 3. The maximum atomic E-state index is 12.5. The molecular weight excluding hydrogens is 332 g/mol. The molecule has 1 aliphatic heterocycles. The average Bonchev–Trinajstić information content (AvgIpc) is 3.23. The average molecular weight is 359 g/mol. The van der Waals surface area contributed by atoms with E-state index in [9.17, 15) is 14.4 Å². The van der Waals surface area contributed by atoms with Gasteiger partial charge < -0.3 is 16.4 Å². The summed E-state index contributed by atoms with van der Waals surface area (Å²) in [5.41, 5.74) is 4.72. The second-order valence-electron chi connectivity index (χ2n) is 7.37. The third-order valence-corrected chi connectivity index (χ3v) is 5.59. The van der Waals surface area contributed by atoms with Crippen LogP contribution in [-0.4, -0.2) is 46.9 Å². The summed E-state index contributed by atoms with van der Waals surface area (Å²) >= 11 is 0. The van der Waals surface area contributed by atoms with E-state index in [1.165, 1.54) is 4.90 Å². The molecule has 1 unspecified atom stereocenters. The number of nitrogens with two attached hydrogens (primary N) is 1. The Bertz CT molecular complexity index is 531. The van der Waals surface area contributed by atoms with Gasteiger partial charge in [-0.25, -0.2) is 4.79 Å². The minimum atomic E-state index is -0.701. The first-order valence-electron chi connectivity index (χ1n) is 8.55. The lowest BCUT2D eigenvalue weighted by Crippen LogP contribution is -2.53. The normalized spacial score (nSPS) is 24.5. The first kappa shape index (κ1) is 19.0. The van der Waals surface area contributed by atoms with Crippen LogP contribution in [-0.2, 0) is 9.59 Å². The van der Waals surface area contributed by atoms with Gasteiger partial charge in [-0.2, -0.15) is 0 Å². The van der Waals surface area contributed by atoms with E-state index in [0.717, 1.165) is 25.7 Å². The van der Waals surface area contributed by atoms with Crippen LogP contribution in [0.25, 0.3) is 0 Å². The number of carbonyl (C=O) groups is 3. The summed E-state index contributed by atoms with van der Waals surface area (Å²) in [6.07, 6.45) is 5.61. The maximum absolute atomic E-state index is 12.5. The number of rotatable bonds is 6. The molecule has 3 aliphatic rings. The summed E-state index contributed by atoms with van der Waals surface area (Å²) in [6, 6.07) is -0.367. The van der Waals surface area contributed by atoms with Crippen LogP contribution in [0.15, 0.2) is 0 Å². The summed E-state index contributed by atoms with van der Waals surface area (Å²) in [6.45, 7) is 2.49. The molecule has 1 spiro atoms. The molecule has 2 saturated carbocycles. The fourth-order valence-electron chi connectivity index (χ4n) is 3.83. The van der Waals surface area contributed by atoms with Crippen LogP contribution in [0, 0.1) is 5.92 Å². The SMILES string of the molecule is CC(CN)(NC(=O)CCN1C(=O)NC2(CCCC2)C1=O)C1CC1.Cl. The molecule has 2 aliphatic carbocycles. The molecule has 0 bridgehead atoms. The number of halogens is 1. The fraction of sp³-hybridized carbons (Fsp3) is 0.812. The molecule has 3 fully saturated rings. The molecule has 3 rings (SSSR count). The number of amides is 4. The Hall–Kier alpha value is -1.34. The Morgan fingerprint density at radius 3 is 2.54 bits per heavy atom. The van der Waals surface area contributed by atoms with Gasteiger partial charge in [0.2, 0.25) is 5.91 Å². The van der Waals surface area contributed by atoms with Crippen LogP contribution in [0.5, 0.6) is 0 Å². The Labute approximate surface area is 148 Å². The molecule has 7 nitrogen and oxygen atoms in total. The summed E-state index contributed by atoms with van der Waals surface area (Å²) in [5, 5.41) is 5.81. The first-order valence-corrected chi connectivity index (χ1v) is 8.55. The van der Waals surface area contributed by atoms with E-state index < -0.39 is 5.54 Å². The van der Waals surface area contributed by atoms with Crippen LogP contribution < -0.4 is 16.4 Å². The maximum Gasteiger partial charge on any atom is 0.325 e. The van der Waals surface area contributed by atoms with Gasteiger partial charge in [0.15, 0.2) is 0 Å². The summed E-state index contributed by atoms with van der Waals surface area (Å²) in [5.74, 6) is 0.115. The number of nitrogens with one attached hydrogen (secondary N) is 2. The van der Waals surface area contributed by atoms with Crippen molar-refractivity contribution in [3.63, 3.8) is 0 Å². The van der Waals surface area contributed by atoms with Gasteiger partial charge in [-0.3, -0.25) is 14.5 Å². The van der Waals surface area contributed by atoms with E-state index in [0.29, 0.717) is 25.3 Å². The molecule has 0 aromatic rings. The Kier molecular flexibility index (Phi) is 5.44. The highest BCUT2D eigenvalue weighted by molar-refractivity contribution is 6.07. The van der Waals surface area contributed by atoms with Gasteiger partial charge in [0.1, 0.15) is 5.54 Å². The smallest absolute Gasteiger partial charge is 0.325 e. The summed E-state index contributed by atoms with van der Waals surface area (Å²) in [4.78, 5) is 38.0. The standard InChI is InChI=1S/C16H26N4O3.ClH/c1-15(10-17,11-4-5-11)18-12(21)6-9-20-13(22)16(19-14(20)23)7-2-3-8-16;/h11H,2-10,17H2,1H3,(H,18,21)(H,19,23);1H. The molecule has 0 aromatic heterocycles. The monoisotopic (exact) mass is 358 g/mol. The highest BCUT2D eigenvalue weighted by atomic mass is 35.5. The first-order chi connectivity index (χ1) is 10.9. The molecule has 136 valence electrons. The predicted octanol–water partition coefficient (Wildman–Crippen LogP) is 0.907. The second-order valence-corrected chi connectivity index (χ2v) is 7.37. The lowest BCUT2D eigenvalue weighted by Gasteiger charge is -2.29. The lowest BCUT2D eigenvalue weighted by molar-refractivity contribution is -0.131. The van der Waals surface area contributed by atoms with Crippen molar-refractivity contribution in [2.24, 2.45) is 11.7 Å². The van der Waals surface area contributed by atoms with Crippen LogP contribution >= 0.6 is 12.4 Å². The van der Waals surface area contributed by atoms with Crippen molar-refractivity contribution in [2.45, 2.75) is 62.9 Å². The number of hydrogen-bond donors (Lipinski definition) is 3. The van der Waals surface area contributed by atoms with Gasteiger partial charge in [-0.15, -0.1) is 12.4 Å². The predicted molar refractivity (Wildman–Crippen MR) is 91.6 cm³/mol. The van der Waals surface area contributed by atoms with Crippen LogP contribution in [0.2, 0.25) is 0 Å². The zero-order valence-electron chi connectivity index (χ0n) is 14.1. The van der Waals surface area contributed by atoms with Gasteiger partial charge in [-0.05, 0) is 38.5 Å². The largest absolute Gasteiger partial charge is 0.349 e. The van der Waals surface area contributed by atoms with Gasteiger partial charge in [0.05, 0.1) is 5.54 Å². The minimum Gasteiger partial charge on any atom is -0.349 e. The third kappa shape index (κ3) is 3.37. The summed E-state index contributed by atoms with van der Waals surface area (Å²) < 4.78 is 0. The number of imide groups is 1. The molecule has 1 saturated heterocycles. The molecule has 8 heteroatoms. The van der Waals surface area contributed by atoms with Crippen molar-refractivity contribution >= 4 is 30.3 Å². The topological polar surface area (TPSA) is 105 Å². The van der Waals surface area contributed by atoms with E-state index in [2.05, 4.69) is 10.6 Å². The van der Waals surface area contributed by atoms with Crippen molar-refractivity contribution in [1.29, 1.82) is 0 Å². The second kappa shape index (κ2) is 6.88. The molecule has 24 heavy (non-hydrogen) atoms. The minimum absolute atomic E-state index is 0.